The third-order valence-electron chi connectivity index (χ3n) is 3.64. The molecule has 1 aromatic rings. The molecule has 1 saturated carbocycles. The Hall–Kier alpha value is -1.85. The van der Waals surface area contributed by atoms with Crippen LogP contribution in [0.4, 0.5) is 11.6 Å². The number of amides is 1. The van der Waals surface area contributed by atoms with Gasteiger partial charge < -0.3 is 16.0 Å². The predicted octanol–water partition coefficient (Wildman–Crippen LogP) is 2.03. The minimum Gasteiger partial charge on any atom is -0.373 e. The van der Waals surface area contributed by atoms with Gasteiger partial charge in [-0.3, -0.25) is 4.79 Å². The molecule has 116 valence electrons. The summed E-state index contributed by atoms with van der Waals surface area (Å²) >= 11 is 0. The molecule has 1 unspecified atom stereocenters. The van der Waals surface area contributed by atoms with Crippen LogP contribution in [0.1, 0.15) is 50.4 Å². The summed E-state index contributed by atoms with van der Waals surface area (Å²) in [6, 6.07) is -0.318. The van der Waals surface area contributed by atoms with Gasteiger partial charge in [0.15, 0.2) is 0 Å². The first-order valence-electron chi connectivity index (χ1n) is 7.67. The summed E-state index contributed by atoms with van der Waals surface area (Å²) in [5.41, 5.74) is 0.942. The van der Waals surface area contributed by atoms with Gasteiger partial charge in [-0.2, -0.15) is 0 Å². The minimum absolute atomic E-state index is 0.00570. The van der Waals surface area contributed by atoms with Crippen molar-refractivity contribution in [3.63, 3.8) is 0 Å². The van der Waals surface area contributed by atoms with E-state index in [0.717, 1.165) is 42.3 Å². The van der Waals surface area contributed by atoms with Crippen molar-refractivity contribution in [1.29, 1.82) is 0 Å². The number of carbonyl (C=O) groups is 1. The van der Waals surface area contributed by atoms with E-state index in [-0.39, 0.29) is 11.9 Å². The molecule has 1 fully saturated rings. The normalized spacial score (nSPS) is 15.4. The van der Waals surface area contributed by atoms with Gasteiger partial charge in [0.05, 0.1) is 0 Å². The molecule has 6 heteroatoms. The monoisotopic (exact) mass is 291 g/mol. The first-order valence-corrected chi connectivity index (χ1v) is 7.67. The van der Waals surface area contributed by atoms with Crippen LogP contribution in [0.25, 0.3) is 0 Å². The average Bonchev–Trinajstić information content (AvgIpc) is 3.31. The van der Waals surface area contributed by atoms with Crippen molar-refractivity contribution in [3.05, 3.63) is 11.4 Å². The molecule has 0 saturated heterocycles. The first kappa shape index (κ1) is 15.5. The van der Waals surface area contributed by atoms with Crippen LogP contribution >= 0.6 is 0 Å². The van der Waals surface area contributed by atoms with Crippen LogP contribution in [-0.2, 0) is 4.79 Å². The number of carbonyl (C=O) groups excluding carboxylic acids is 1. The Balaban J connectivity index is 2.14. The smallest absolute Gasteiger partial charge is 0.242 e. The molecule has 21 heavy (non-hydrogen) atoms. The van der Waals surface area contributed by atoms with Gasteiger partial charge in [-0.15, -0.1) is 0 Å². The van der Waals surface area contributed by atoms with Crippen LogP contribution in [-0.4, -0.2) is 35.5 Å². The molecule has 0 aromatic carbocycles. The number of nitrogens with one attached hydrogen (secondary N) is 3. The van der Waals surface area contributed by atoms with Gasteiger partial charge in [-0.25, -0.2) is 9.97 Å². The summed E-state index contributed by atoms with van der Waals surface area (Å²) in [5, 5.41) is 9.21. The lowest BCUT2D eigenvalue weighted by atomic mass is 10.2. The second kappa shape index (κ2) is 6.74. The molecule has 3 N–H and O–H groups in total. The second-order valence-electron chi connectivity index (χ2n) is 5.59. The van der Waals surface area contributed by atoms with E-state index in [1.165, 1.54) is 0 Å². The van der Waals surface area contributed by atoms with Crippen LogP contribution in [0, 0.1) is 6.92 Å². The molecule has 1 aromatic heterocycles. The summed E-state index contributed by atoms with van der Waals surface area (Å²) in [6.07, 6.45) is 3.23. The van der Waals surface area contributed by atoms with Crippen molar-refractivity contribution in [2.45, 2.75) is 52.0 Å². The molecule has 0 aliphatic heterocycles. The van der Waals surface area contributed by atoms with Crippen LogP contribution in [0.15, 0.2) is 0 Å². The lowest BCUT2D eigenvalue weighted by molar-refractivity contribution is -0.121. The highest BCUT2D eigenvalue weighted by Crippen LogP contribution is 2.39. The third-order valence-corrected chi connectivity index (χ3v) is 3.64. The Labute approximate surface area is 126 Å². The Morgan fingerprint density at radius 3 is 2.57 bits per heavy atom. The second-order valence-corrected chi connectivity index (χ2v) is 5.59. The summed E-state index contributed by atoms with van der Waals surface area (Å²) in [5.74, 6) is 2.91. The van der Waals surface area contributed by atoms with Crippen molar-refractivity contribution in [2.24, 2.45) is 0 Å². The SMILES string of the molecule is CCCNC(=O)C(C)Nc1nc(C2CC2)nc(NC)c1C. The molecular weight excluding hydrogens is 266 g/mol. The van der Waals surface area contributed by atoms with E-state index >= 15 is 0 Å². The van der Waals surface area contributed by atoms with E-state index in [4.69, 9.17) is 0 Å². The quantitative estimate of drug-likeness (QED) is 0.716. The topological polar surface area (TPSA) is 78.9 Å². The van der Waals surface area contributed by atoms with Crippen molar-refractivity contribution in [3.8, 4) is 0 Å². The van der Waals surface area contributed by atoms with Crippen LogP contribution in [0.3, 0.4) is 0 Å². The predicted molar refractivity (Wildman–Crippen MR) is 84.7 cm³/mol. The van der Waals surface area contributed by atoms with Gasteiger partial charge in [0.2, 0.25) is 5.91 Å². The molecule has 1 atom stereocenters. The average molecular weight is 291 g/mol. The van der Waals surface area contributed by atoms with Gasteiger partial charge in [-0.05, 0) is 33.1 Å². The fourth-order valence-electron chi connectivity index (χ4n) is 2.11. The van der Waals surface area contributed by atoms with E-state index in [1.54, 1.807) is 0 Å². The maximum absolute atomic E-state index is 12.0. The number of rotatable bonds is 7. The van der Waals surface area contributed by atoms with Crippen LogP contribution in [0.2, 0.25) is 0 Å². The Kier molecular flexibility index (Phi) is 4.98. The number of hydrogen-bond donors (Lipinski definition) is 3. The molecule has 6 nitrogen and oxygen atoms in total. The minimum atomic E-state index is -0.318. The number of anilines is 2. The molecule has 2 rings (SSSR count). The molecule has 0 bridgehead atoms. The number of nitrogens with zero attached hydrogens (tertiary/aromatic N) is 2. The van der Waals surface area contributed by atoms with E-state index < -0.39 is 0 Å². The zero-order chi connectivity index (χ0) is 15.4. The maximum atomic E-state index is 12.0. The zero-order valence-corrected chi connectivity index (χ0v) is 13.3. The van der Waals surface area contributed by atoms with Crippen molar-refractivity contribution >= 4 is 17.5 Å². The highest BCUT2D eigenvalue weighted by atomic mass is 16.2. The van der Waals surface area contributed by atoms with E-state index in [0.29, 0.717) is 12.5 Å². The van der Waals surface area contributed by atoms with Gasteiger partial charge in [0.1, 0.15) is 23.5 Å². The van der Waals surface area contributed by atoms with Gasteiger partial charge in [-0.1, -0.05) is 6.92 Å². The maximum Gasteiger partial charge on any atom is 0.242 e. The highest BCUT2D eigenvalue weighted by Gasteiger charge is 2.28. The van der Waals surface area contributed by atoms with Crippen molar-refractivity contribution in [1.82, 2.24) is 15.3 Å². The molecular formula is C15H25N5O. The van der Waals surface area contributed by atoms with Gasteiger partial charge >= 0.3 is 0 Å². The van der Waals surface area contributed by atoms with Gasteiger partial charge in [0, 0.05) is 25.1 Å². The third kappa shape index (κ3) is 3.83. The highest BCUT2D eigenvalue weighted by molar-refractivity contribution is 5.84. The Morgan fingerprint density at radius 2 is 2.00 bits per heavy atom. The first-order chi connectivity index (χ1) is 10.1. The largest absolute Gasteiger partial charge is 0.373 e. The molecule has 0 radical (unpaired) electrons. The Morgan fingerprint density at radius 1 is 1.33 bits per heavy atom. The fraction of sp³-hybridized carbons (Fsp3) is 0.667. The standard InChI is InChI=1S/C15H25N5O/c1-5-8-17-15(21)10(3)18-13-9(2)12(16-4)19-14(20-13)11-6-7-11/h10-11H,5-8H2,1-4H3,(H,17,21)(H2,16,18,19,20). The summed E-state index contributed by atoms with van der Waals surface area (Å²) < 4.78 is 0. The molecule has 1 aliphatic carbocycles. The summed E-state index contributed by atoms with van der Waals surface area (Å²) in [7, 11) is 1.85. The van der Waals surface area contributed by atoms with Crippen LogP contribution < -0.4 is 16.0 Å². The lowest BCUT2D eigenvalue weighted by Crippen LogP contribution is -2.38. The summed E-state index contributed by atoms with van der Waals surface area (Å²) in [4.78, 5) is 21.1. The Bertz CT molecular complexity index is 513. The summed E-state index contributed by atoms with van der Waals surface area (Å²) in [6.45, 7) is 6.54. The van der Waals surface area contributed by atoms with Crippen molar-refractivity contribution < 1.29 is 4.79 Å². The number of aromatic nitrogens is 2. The van der Waals surface area contributed by atoms with Gasteiger partial charge in [0.25, 0.3) is 0 Å². The molecule has 1 heterocycles. The fourth-order valence-corrected chi connectivity index (χ4v) is 2.11. The molecule has 0 spiro atoms. The number of hydrogen-bond acceptors (Lipinski definition) is 5. The molecule has 1 aliphatic rings. The van der Waals surface area contributed by atoms with Crippen LogP contribution in [0.5, 0.6) is 0 Å². The lowest BCUT2D eigenvalue weighted by Gasteiger charge is -2.18. The zero-order valence-electron chi connectivity index (χ0n) is 13.3. The van der Waals surface area contributed by atoms with E-state index in [2.05, 4.69) is 25.9 Å². The van der Waals surface area contributed by atoms with E-state index in [1.807, 2.05) is 27.8 Å². The molecule has 1 amide bonds. The van der Waals surface area contributed by atoms with Crippen molar-refractivity contribution in [2.75, 3.05) is 24.2 Å². The van der Waals surface area contributed by atoms with E-state index in [9.17, 15) is 4.79 Å².